The first kappa shape index (κ1) is 17.2. The van der Waals surface area contributed by atoms with Crippen molar-refractivity contribution in [3.8, 4) is 0 Å². The summed E-state index contributed by atoms with van der Waals surface area (Å²) < 4.78 is 2.17. The summed E-state index contributed by atoms with van der Waals surface area (Å²) in [4.78, 5) is 2.27. The fourth-order valence-corrected chi connectivity index (χ4v) is 3.26. The van der Waals surface area contributed by atoms with E-state index >= 15 is 0 Å². The van der Waals surface area contributed by atoms with Gasteiger partial charge in [-0.2, -0.15) is 0 Å². The Kier molecular flexibility index (Phi) is 5.75. The van der Waals surface area contributed by atoms with Crippen molar-refractivity contribution in [2.24, 2.45) is 0 Å². The second kappa shape index (κ2) is 8.00. The van der Waals surface area contributed by atoms with Crippen LogP contribution >= 0.6 is 31.9 Å². The first-order valence-corrected chi connectivity index (χ1v) is 9.66. The van der Waals surface area contributed by atoms with Gasteiger partial charge < -0.3 is 4.90 Å². The van der Waals surface area contributed by atoms with Crippen molar-refractivity contribution >= 4 is 48.9 Å². The van der Waals surface area contributed by atoms with Crippen LogP contribution in [0.2, 0.25) is 0 Å². The molecule has 0 spiro atoms. The number of rotatable bonds is 5. The van der Waals surface area contributed by atoms with Gasteiger partial charge in [0.1, 0.15) is 0 Å². The Hall–Kier alpha value is -1.58. The van der Waals surface area contributed by atoms with Gasteiger partial charge in [0.25, 0.3) is 0 Å². The molecule has 3 heteroatoms. The normalized spacial score (nSPS) is 10.6. The molecule has 0 bridgehead atoms. The van der Waals surface area contributed by atoms with Crippen molar-refractivity contribution in [3.05, 3.63) is 87.3 Å². The summed E-state index contributed by atoms with van der Waals surface area (Å²) in [6, 6.07) is 25.7. The first-order chi connectivity index (χ1) is 11.7. The first-order valence-electron chi connectivity index (χ1n) is 8.07. The Bertz CT molecular complexity index is 732. The van der Waals surface area contributed by atoms with Gasteiger partial charge in [-0.25, -0.2) is 0 Å². The van der Waals surface area contributed by atoms with Crippen LogP contribution in [0.1, 0.15) is 18.9 Å². The highest BCUT2D eigenvalue weighted by molar-refractivity contribution is 9.10. The van der Waals surface area contributed by atoms with Crippen LogP contribution in [-0.2, 0) is 6.42 Å². The van der Waals surface area contributed by atoms with Crippen molar-refractivity contribution in [2.75, 3.05) is 4.90 Å². The highest BCUT2D eigenvalue weighted by Crippen LogP contribution is 2.35. The van der Waals surface area contributed by atoms with Gasteiger partial charge in [-0.05, 0) is 72.6 Å². The molecule has 0 N–H and O–H groups in total. The fourth-order valence-electron chi connectivity index (χ4n) is 2.73. The molecule has 0 heterocycles. The highest BCUT2D eigenvalue weighted by Gasteiger charge is 2.12. The second-order valence-corrected chi connectivity index (χ2v) is 7.54. The third kappa shape index (κ3) is 4.08. The van der Waals surface area contributed by atoms with Crippen LogP contribution < -0.4 is 4.90 Å². The van der Waals surface area contributed by atoms with Crippen LogP contribution in [0.3, 0.4) is 0 Å². The van der Waals surface area contributed by atoms with E-state index in [4.69, 9.17) is 0 Å². The van der Waals surface area contributed by atoms with Gasteiger partial charge >= 0.3 is 0 Å². The lowest BCUT2D eigenvalue weighted by atomic mass is 10.1. The monoisotopic (exact) mass is 443 g/mol. The summed E-state index contributed by atoms with van der Waals surface area (Å²) in [6.45, 7) is 2.21. The average molecular weight is 445 g/mol. The number of aryl methyl sites for hydroxylation is 1. The second-order valence-electron chi connectivity index (χ2n) is 5.70. The van der Waals surface area contributed by atoms with Gasteiger partial charge in [-0.3, -0.25) is 0 Å². The standard InChI is InChI=1S/C21H19Br2N/c1-2-3-16-4-10-19(11-5-16)24(20-12-6-17(22)7-13-20)21-14-8-18(23)9-15-21/h4-15H,2-3H2,1H3. The Morgan fingerprint density at radius 2 is 1.00 bits per heavy atom. The molecule has 0 aliphatic rings. The topological polar surface area (TPSA) is 3.24 Å². The molecule has 0 unspecified atom stereocenters. The molecule has 0 atom stereocenters. The maximum absolute atomic E-state index is 3.52. The molecule has 0 saturated carbocycles. The Balaban J connectivity index is 2.04. The quantitative estimate of drug-likeness (QED) is 0.390. The molecule has 1 nitrogen and oxygen atoms in total. The predicted octanol–water partition coefficient (Wildman–Crippen LogP) is 7.63. The van der Waals surface area contributed by atoms with E-state index in [9.17, 15) is 0 Å². The van der Waals surface area contributed by atoms with Gasteiger partial charge in [0.05, 0.1) is 0 Å². The van der Waals surface area contributed by atoms with Crippen LogP contribution in [-0.4, -0.2) is 0 Å². The van der Waals surface area contributed by atoms with Crippen molar-refractivity contribution in [2.45, 2.75) is 19.8 Å². The lowest BCUT2D eigenvalue weighted by Gasteiger charge is -2.25. The zero-order valence-corrected chi connectivity index (χ0v) is 16.7. The summed E-state index contributed by atoms with van der Waals surface area (Å²) in [6.07, 6.45) is 2.29. The Morgan fingerprint density at radius 3 is 1.38 bits per heavy atom. The molecule has 0 aliphatic heterocycles. The van der Waals surface area contributed by atoms with E-state index in [-0.39, 0.29) is 0 Å². The number of hydrogen-bond donors (Lipinski definition) is 0. The summed E-state index contributed by atoms with van der Waals surface area (Å²) in [5, 5.41) is 0. The van der Waals surface area contributed by atoms with Crippen molar-refractivity contribution in [1.29, 1.82) is 0 Å². The molecule has 3 aromatic carbocycles. The molecule has 122 valence electrons. The zero-order chi connectivity index (χ0) is 16.9. The van der Waals surface area contributed by atoms with Crippen molar-refractivity contribution < 1.29 is 0 Å². The summed E-state index contributed by atoms with van der Waals surface area (Å²) >= 11 is 7.04. The zero-order valence-electron chi connectivity index (χ0n) is 13.5. The van der Waals surface area contributed by atoms with Crippen LogP contribution in [0.5, 0.6) is 0 Å². The van der Waals surface area contributed by atoms with Crippen molar-refractivity contribution in [1.82, 2.24) is 0 Å². The molecule has 3 aromatic rings. The van der Waals surface area contributed by atoms with E-state index in [1.165, 1.54) is 17.7 Å². The molecule has 0 amide bonds. The third-order valence-electron chi connectivity index (χ3n) is 3.90. The maximum Gasteiger partial charge on any atom is 0.0462 e. The fraction of sp³-hybridized carbons (Fsp3) is 0.143. The van der Waals surface area contributed by atoms with Crippen LogP contribution in [0.25, 0.3) is 0 Å². The van der Waals surface area contributed by atoms with Crippen LogP contribution in [0.4, 0.5) is 17.1 Å². The molecular formula is C21H19Br2N. The molecular weight excluding hydrogens is 426 g/mol. The predicted molar refractivity (Wildman–Crippen MR) is 111 cm³/mol. The number of anilines is 3. The lowest BCUT2D eigenvalue weighted by Crippen LogP contribution is -2.09. The SMILES string of the molecule is CCCc1ccc(N(c2ccc(Br)cc2)c2ccc(Br)cc2)cc1. The molecule has 24 heavy (non-hydrogen) atoms. The van der Waals surface area contributed by atoms with E-state index in [0.717, 1.165) is 26.7 Å². The minimum Gasteiger partial charge on any atom is -0.311 e. The van der Waals surface area contributed by atoms with E-state index in [2.05, 4.69) is 116 Å². The summed E-state index contributed by atoms with van der Waals surface area (Å²) in [5.41, 5.74) is 4.83. The highest BCUT2D eigenvalue weighted by atomic mass is 79.9. The Morgan fingerprint density at radius 1 is 0.625 bits per heavy atom. The molecule has 0 fully saturated rings. The summed E-state index contributed by atoms with van der Waals surface area (Å²) in [7, 11) is 0. The van der Waals surface area contributed by atoms with Gasteiger partial charge in [0.15, 0.2) is 0 Å². The Labute approximate surface area is 160 Å². The van der Waals surface area contributed by atoms with Crippen molar-refractivity contribution in [3.63, 3.8) is 0 Å². The largest absolute Gasteiger partial charge is 0.311 e. The maximum atomic E-state index is 3.52. The molecule has 0 aliphatic carbocycles. The number of benzene rings is 3. The smallest absolute Gasteiger partial charge is 0.0462 e. The molecule has 0 saturated heterocycles. The average Bonchev–Trinajstić information content (AvgIpc) is 2.60. The minimum atomic E-state index is 1.08. The molecule has 3 rings (SSSR count). The van der Waals surface area contributed by atoms with E-state index < -0.39 is 0 Å². The van der Waals surface area contributed by atoms with E-state index in [1.54, 1.807) is 0 Å². The number of nitrogens with zero attached hydrogens (tertiary/aromatic N) is 1. The molecule has 0 aromatic heterocycles. The van der Waals surface area contributed by atoms with E-state index in [1.807, 2.05) is 0 Å². The molecule has 0 radical (unpaired) electrons. The number of hydrogen-bond acceptors (Lipinski definition) is 1. The van der Waals surface area contributed by atoms with Crippen LogP contribution in [0.15, 0.2) is 81.7 Å². The van der Waals surface area contributed by atoms with Crippen LogP contribution in [0, 0.1) is 0 Å². The summed E-state index contributed by atoms with van der Waals surface area (Å²) in [5.74, 6) is 0. The van der Waals surface area contributed by atoms with Gasteiger partial charge in [-0.1, -0.05) is 57.3 Å². The lowest BCUT2D eigenvalue weighted by molar-refractivity contribution is 0.922. The van der Waals surface area contributed by atoms with E-state index in [0.29, 0.717) is 0 Å². The van der Waals surface area contributed by atoms with Gasteiger partial charge in [0.2, 0.25) is 0 Å². The number of halogens is 2. The van der Waals surface area contributed by atoms with Gasteiger partial charge in [-0.15, -0.1) is 0 Å². The van der Waals surface area contributed by atoms with Gasteiger partial charge in [0, 0.05) is 26.0 Å². The minimum absolute atomic E-state index is 1.08. The third-order valence-corrected chi connectivity index (χ3v) is 4.96.